The average Bonchev–Trinajstić information content (AvgIpc) is 3.92. The zero-order valence-corrected chi connectivity index (χ0v) is 29.3. The third-order valence-electron chi connectivity index (χ3n) is 9.54. The predicted molar refractivity (Wildman–Crippen MR) is 190 cm³/mol. The number of rotatable bonds is 10. The normalized spacial score (nSPS) is 22.2. The molecule has 5 unspecified atom stereocenters. The Morgan fingerprint density at radius 3 is 2.33 bits per heavy atom. The third-order valence-corrected chi connectivity index (χ3v) is 9.54. The van der Waals surface area contributed by atoms with Gasteiger partial charge in [-0.15, -0.1) is 10.2 Å². The first-order chi connectivity index (χ1) is 24.6. The van der Waals surface area contributed by atoms with Crippen molar-refractivity contribution in [3.63, 3.8) is 0 Å². The van der Waals surface area contributed by atoms with Crippen LogP contribution in [0, 0.1) is 0 Å². The van der Waals surface area contributed by atoms with Crippen LogP contribution in [0.5, 0.6) is 0 Å². The number of tetrazole rings is 1. The summed E-state index contributed by atoms with van der Waals surface area (Å²) in [5, 5.41) is 41.7. The zero-order chi connectivity index (χ0) is 35.7. The van der Waals surface area contributed by atoms with Crippen LogP contribution in [0.25, 0.3) is 11.2 Å². The molecule has 1 saturated carbocycles. The smallest absolute Gasteiger partial charge is 0.407 e. The first-order valence-electron chi connectivity index (χ1n) is 17.5. The number of aliphatic hydroxyl groups is 2. The number of alkyl carbamates (subject to hydrolysis) is 1. The molecule has 5 aromatic rings. The van der Waals surface area contributed by atoms with Gasteiger partial charge in [0.2, 0.25) is 5.95 Å². The number of amides is 1. The van der Waals surface area contributed by atoms with Crippen molar-refractivity contribution in [1.82, 2.24) is 45.0 Å². The minimum absolute atomic E-state index is 0.0212. The lowest BCUT2D eigenvalue weighted by Gasteiger charge is -2.23. The second-order valence-electron chi connectivity index (χ2n) is 14.3. The van der Waals surface area contributed by atoms with Crippen molar-refractivity contribution in [3.8, 4) is 0 Å². The van der Waals surface area contributed by atoms with Gasteiger partial charge in [-0.05, 0) is 50.0 Å². The second kappa shape index (κ2) is 14.2. The van der Waals surface area contributed by atoms with Gasteiger partial charge in [0.15, 0.2) is 22.8 Å². The van der Waals surface area contributed by atoms with Crippen LogP contribution in [-0.2, 0) is 11.2 Å². The van der Waals surface area contributed by atoms with Gasteiger partial charge in [0, 0.05) is 32.0 Å². The molecular weight excluding hydrogens is 650 g/mol. The summed E-state index contributed by atoms with van der Waals surface area (Å²) >= 11 is 0. The molecule has 2 aromatic carbocycles. The standard InChI is InChI=1S/C36H45N11O4/c1-5-28-42-44-47(43-28)27-18-26(30(48)31(27)49)46-21-38-29-32(37-19-25(22-12-8-6-9-13-22)23-14-10-7-11-15-23)40-34(41-33(29)46)45-17-16-24(20-45)39-35(50)51-36(2,3)4/h6-15,21,24-27,30-31,48-49H,5,16-20H2,1-4H3,(H,39,50)(H,37,40,41). The molecule has 2 aliphatic rings. The Hall–Kier alpha value is -5.15. The van der Waals surface area contributed by atoms with E-state index in [1.54, 1.807) is 6.33 Å². The number of hydrogen-bond donors (Lipinski definition) is 4. The van der Waals surface area contributed by atoms with Gasteiger partial charge in [-0.25, -0.2) is 9.78 Å². The minimum Gasteiger partial charge on any atom is -0.444 e. The van der Waals surface area contributed by atoms with Crippen LogP contribution in [0.15, 0.2) is 67.0 Å². The molecule has 0 radical (unpaired) electrons. The maximum absolute atomic E-state index is 12.6. The summed E-state index contributed by atoms with van der Waals surface area (Å²) in [5.74, 6) is 1.60. The van der Waals surface area contributed by atoms with Gasteiger partial charge >= 0.3 is 6.09 Å². The topological polar surface area (TPSA) is 181 Å². The molecule has 0 bridgehead atoms. The molecule has 268 valence electrons. The van der Waals surface area contributed by atoms with Crippen LogP contribution in [0.1, 0.15) is 75.5 Å². The molecule has 51 heavy (non-hydrogen) atoms. The van der Waals surface area contributed by atoms with Gasteiger partial charge in [0.05, 0.1) is 18.4 Å². The van der Waals surface area contributed by atoms with E-state index in [1.807, 2.05) is 73.6 Å². The number of aromatic nitrogens is 8. The van der Waals surface area contributed by atoms with E-state index >= 15 is 0 Å². The number of benzene rings is 2. The fraction of sp³-hybridized carbons (Fsp3) is 0.472. The Balaban J connectivity index is 1.22. The van der Waals surface area contributed by atoms with Gasteiger partial charge in [-0.2, -0.15) is 14.8 Å². The molecule has 1 aliphatic heterocycles. The monoisotopic (exact) mass is 695 g/mol. The Kier molecular flexibility index (Phi) is 9.57. The molecule has 1 aliphatic carbocycles. The molecule has 1 saturated heterocycles. The zero-order valence-electron chi connectivity index (χ0n) is 29.3. The van der Waals surface area contributed by atoms with Crippen LogP contribution in [0.4, 0.5) is 16.6 Å². The Labute approximate surface area is 296 Å². The lowest BCUT2D eigenvalue weighted by Crippen LogP contribution is -2.40. The van der Waals surface area contributed by atoms with Gasteiger partial charge < -0.3 is 35.1 Å². The molecule has 4 heterocycles. The van der Waals surface area contributed by atoms with Crippen molar-refractivity contribution in [1.29, 1.82) is 0 Å². The number of fused-ring (bicyclic) bond motifs is 1. The van der Waals surface area contributed by atoms with E-state index in [2.05, 4.69) is 50.3 Å². The van der Waals surface area contributed by atoms with Crippen molar-refractivity contribution < 1.29 is 19.7 Å². The van der Waals surface area contributed by atoms with Crippen molar-refractivity contribution in [2.75, 3.05) is 29.9 Å². The fourth-order valence-corrected chi connectivity index (χ4v) is 6.97. The number of ether oxygens (including phenoxy) is 1. The molecule has 15 nitrogen and oxygen atoms in total. The van der Waals surface area contributed by atoms with E-state index in [0.717, 1.165) is 11.1 Å². The summed E-state index contributed by atoms with van der Waals surface area (Å²) in [5.41, 5.74) is 2.76. The quantitative estimate of drug-likeness (QED) is 0.167. The van der Waals surface area contributed by atoms with E-state index in [1.165, 1.54) is 4.80 Å². The lowest BCUT2D eigenvalue weighted by atomic mass is 9.91. The summed E-state index contributed by atoms with van der Waals surface area (Å²) in [6.45, 7) is 9.06. The highest BCUT2D eigenvalue weighted by Crippen LogP contribution is 2.40. The number of imidazole rings is 1. The molecule has 5 atom stereocenters. The summed E-state index contributed by atoms with van der Waals surface area (Å²) in [6, 6.07) is 19.3. The molecule has 7 rings (SSSR count). The van der Waals surface area contributed by atoms with Crippen molar-refractivity contribution >= 4 is 29.0 Å². The van der Waals surface area contributed by atoms with Crippen LogP contribution in [0.2, 0.25) is 0 Å². The van der Waals surface area contributed by atoms with Gasteiger partial charge in [0.25, 0.3) is 0 Å². The molecule has 3 aromatic heterocycles. The highest BCUT2D eigenvalue weighted by molar-refractivity contribution is 5.84. The summed E-state index contributed by atoms with van der Waals surface area (Å²) in [7, 11) is 0. The largest absolute Gasteiger partial charge is 0.444 e. The number of carbonyl (C=O) groups excluding carboxylic acids is 1. The van der Waals surface area contributed by atoms with Crippen molar-refractivity contribution in [2.45, 2.75) is 88.8 Å². The Morgan fingerprint density at radius 2 is 1.69 bits per heavy atom. The third kappa shape index (κ3) is 7.35. The first kappa shape index (κ1) is 34.3. The summed E-state index contributed by atoms with van der Waals surface area (Å²) < 4.78 is 7.31. The van der Waals surface area contributed by atoms with Crippen LogP contribution < -0.4 is 15.5 Å². The number of aryl methyl sites for hydroxylation is 1. The van der Waals surface area contributed by atoms with E-state index in [4.69, 9.17) is 19.7 Å². The lowest BCUT2D eigenvalue weighted by molar-refractivity contribution is 0.00473. The molecular formula is C36H45N11O4. The van der Waals surface area contributed by atoms with Crippen LogP contribution >= 0.6 is 0 Å². The summed E-state index contributed by atoms with van der Waals surface area (Å²) in [6.07, 6.45) is 0.560. The van der Waals surface area contributed by atoms with Crippen molar-refractivity contribution in [2.24, 2.45) is 0 Å². The minimum atomic E-state index is -1.13. The Morgan fingerprint density at radius 1 is 1.00 bits per heavy atom. The predicted octanol–water partition coefficient (Wildman–Crippen LogP) is 3.63. The molecule has 0 spiro atoms. The molecule has 2 fully saturated rings. The number of carbonyl (C=O) groups is 1. The van der Waals surface area contributed by atoms with E-state index in [0.29, 0.717) is 67.7 Å². The highest BCUT2D eigenvalue weighted by atomic mass is 16.6. The van der Waals surface area contributed by atoms with Crippen molar-refractivity contribution in [3.05, 3.63) is 83.9 Å². The van der Waals surface area contributed by atoms with E-state index in [-0.39, 0.29) is 12.0 Å². The Bertz CT molecular complexity index is 1910. The van der Waals surface area contributed by atoms with Gasteiger partial charge in [0.1, 0.15) is 23.9 Å². The molecule has 15 heteroatoms. The summed E-state index contributed by atoms with van der Waals surface area (Å²) in [4.78, 5) is 30.8. The second-order valence-corrected chi connectivity index (χ2v) is 14.3. The SMILES string of the molecule is CCc1nnn(C2CC(n3cnc4c(NCC(c5ccccc5)c5ccccc5)nc(N5CCC(NC(=O)OC(C)(C)C)C5)nc43)C(O)C2O)n1. The number of aliphatic hydroxyl groups excluding tert-OH is 2. The van der Waals surface area contributed by atoms with Crippen LogP contribution in [-0.4, -0.2) is 99.5 Å². The van der Waals surface area contributed by atoms with E-state index < -0.39 is 36.0 Å². The average molecular weight is 696 g/mol. The number of anilines is 2. The maximum Gasteiger partial charge on any atom is 0.407 e. The van der Waals surface area contributed by atoms with E-state index in [9.17, 15) is 15.0 Å². The number of nitrogens with one attached hydrogen (secondary N) is 2. The molecule has 4 N–H and O–H groups in total. The molecule has 1 amide bonds. The van der Waals surface area contributed by atoms with Crippen LogP contribution in [0.3, 0.4) is 0 Å². The maximum atomic E-state index is 12.6. The first-order valence-corrected chi connectivity index (χ1v) is 17.5. The number of nitrogens with zero attached hydrogens (tertiary/aromatic N) is 9. The highest BCUT2D eigenvalue weighted by Gasteiger charge is 2.45. The fourth-order valence-electron chi connectivity index (χ4n) is 6.97. The van der Waals surface area contributed by atoms with Gasteiger partial charge in [-0.3, -0.25) is 0 Å². The number of hydrogen-bond acceptors (Lipinski definition) is 12. The van der Waals surface area contributed by atoms with Gasteiger partial charge in [-0.1, -0.05) is 67.6 Å².